The van der Waals surface area contributed by atoms with E-state index in [1.807, 2.05) is 0 Å². The minimum Gasteiger partial charge on any atom is -0.0651 e. The minimum atomic E-state index is -1.24. The molecule has 0 aromatic heterocycles. The van der Waals surface area contributed by atoms with Crippen LogP contribution in [0.15, 0.2) is 0 Å². The molecule has 0 aromatic carbocycles. The summed E-state index contributed by atoms with van der Waals surface area (Å²) in [6.45, 7) is 30.3. The first kappa shape index (κ1) is 22.4. The number of hydrogen-bond acceptors (Lipinski definition) is 0. The lowest BCUT2D eigenvalue weighted by Crippen LogP contribution is -2.50. The first-order chi connectivity index (χ1) is 9.87. The lowest BCUT2D eigenvalue weighted by atomic mass is 10.5. The molecule has 0 rings (SSSR count). The highest BCUT2D eigenvalue weighted by atomic mass is 28.3. The molecule has 0 atom stereocenters. The molecule has 0 nitrogen and oxygen atoms in total. The predicted molar refractivity (Wildman–Crippen MR) is 112 cm³/mol. The summed E-state index contributed by atoms with van der Waals surface area (Å²) in [5, 5.41) is 0. The highest BCUT2D eigenvalue weighted by Gasteiger charge is 2.47. The molecule has 0 amide bonds. The molecule has 0 heterocycles. The summed E-state index contributed by atoms with van der Waals surface area (Å²) in [6.07, 6.45) is 0. The summed E-state index contributed by atoms with van der Waals surface area (Å²) in [6, 6.07) is 3.14. The topological polar surface area (TPSA) is 0 Å². The van der Waals surface area contributed by atoms with Gasteiger partial charge >= 0.3 is 0 Å². The van der Waals surface area contributed by atoms with E-state index in [0.717, 1.165) is 33.2 Å². The van der Waals surface area contributed by atoms with Gasteiger partial charge < -0.3 is 0 Å². The number of hydrogen-bond donors (Lipinski definition) is 0. The molecule has 0 saturated heterocycles. The zero-order valence-electron chi connectivity index (χ0n) is 17.9. The van der Waals surface area contributed by atoms with Gasteiger partial charge in [-0.25, -0.2) is 0 Å². The summed E-state index contributed by atoms with van der Waals surface area (Å²) in [5.74, 6) is 0. The van der Waals surface area contributed by atoms with Crippen LogP contribution in [0.25, 0.3) is 0 Å². The third-order valence-electron chi connectivity index (χ3n) is 7.44. The van der Waals surface area contributed by atoms with Gasteiger partial charge in [0.15, 0.2) is 0 Å². The third-order valence-corrected chi connectivity index (χ3v) is 23.1. The van der Waals surface area contributed by atoms with Gasteiger partial charge in [0, 0.05) is 0 Å². The van der Waals surface area contributed by atoms with E-state index in [-0.39, 0.29) is 0 Å². The van der Waals surface area contributed by atoms with E-state index in [1.165, 1.54) is 0 Å². The fourth-order valence-corrected chi connectivity index (χ4v) is 21.1. The Hall–Kier alpha value is 0.434. The van der Waals surface area contributed by atoms with Crippen molar-refractivity contribution in [2.24, 2.45) is 0 Å². The lowest BCUT2D eigenvalue weighted by Gasteiger charge is -2.49. The quantitative estimate of drug-likeness (QED) is 0.369. The third kappa shape index (κ3) is 4.09. The van der Waals surface area contributed by atoms with Gasteiger partial charge in [0.2, 0.25) is 0 Å². The summed E-state index contributed by atoms with van der Waals surface area (Å²) in [7, 11) is -2.48. The maximum Gasteiger partial charge on any atom is 0.0610 e. The fourth-order valence-electron chi connectivity index (χ4n) is 6.17. The Morgan fingerprint density at radius 2 is 0.500 bits per heavy atom. The second-order valence-corrected chi connectivity index (χ2v) is 22.0. The molecule has 0 bridgehead atoms. The summed E-state index contributed by atoms with van der Waals surface area (Å²) >= 11 is 0. The standard InChI is InChI=1S/C20H46Si2/c1-15(2)21(16(3)4,17(5)6)13-14-22(18(7)8,19(9)10)20(11)12/h15-20H,13-14H2,1-12H3. The smallest absolute Gasteiger partial charge is 0.0610 e. The van der Waals surface area contributed by atoms with E-state index >= 15 is 0 Å². The van der Waals surface area contributed by atoms with Gasteiger partial charge in [0.05, 0.1) is 16.1 Å². The van der Waals surface area contributed by atoms with Gasteiger partial charge in [-0.1, -0.05) is 128 Å². The molecule has 0 radical (unpaired) electrons. The zero-order valence-corrected chi connectivity index (χ0v) is 19.9. The van der Waals surface area contributed by atoms with Gasteiger partial charge in [-0.05, 0) is 0 Å². The molecular weight excluding hydrogens is 296 g/mol. The van der Waals surface area contributed by atoms with Crippen molar-refractivity contribution < 1.29 is 0 Å². The second kappa shape index (κ2) is 8.51. The van der Waals surface area contributed by atoms with Crippen LogP contribution in [0.3, 0.4) is 0 Å². The molecule has 22 heavy (non-hydrogen) atoms. The Labute approximate surface area is 144 Å². The first-order valence-corrected chi connectivity index (χ1v) is 14.7. The Balaban J connectivity index is 5.66. The van der Waals surface area contributed by atoms with Crippen LogP contribution in [0.4, 0.5) is 0 Å². The van der Waals surface area contributed by atoms with Crippen molar-refractivity contribution in [3.8, 4) is 0 Å². The van der Waals surface area contributed by atoms with Crippen molar-refractivity contribution in [1.82, 2.24) is 0 Å². The second-order valence-electron chi connectivity index (χ2n) is 9.65. The van der Waals surface area contributed by atoms with Gasteiger partial charge in [-0.15, -0.1) is 0 Å². The van der Waals surface area contributed by atoms with Crippen molar-refractivity contribution in [3.63, 3.8) is 0 Å². The monoisotopic (exact) mass is 342 g/mol. The fraction of sp³-hybridized carbons (Fsp3) is 1.00. The van der Waals surface area contributed by atoms with Crippen LogP contribution in [0.5, 0.6) is 0 Å². The van der Waals surface area contributed by atoms with E-state index in [0.29, 0.717) is 0 Å². The van der Waals surface area contributed by atoms with E-state index in [9.17, 15) is 0 Å². The predicted octanol–water partition coefficient (Wildman–Crippen LogP) is 8.34. The van der Waals surface area contributed by atoms with Gasteiger partial charge in [0.1, 0.15) is 0 Å². The van der Waals surface area contributed by atoms with Crippen molar-refractivity contribution >= 4 is 16.1 Å². The number of rotatable bonds is 9. The average Bonchev–Trinajstić information content (AvgIpc) is 2.31. The molecule has 0 aliphatic carbocycles. The Bertz CT molecular complexity index is 238. The van der Waals surface area contributed by atoms with Gasteiger partial charge in [-0.3, -0.25) is 0 Å². The Morgan fingerprint density at radius 3 is 0.591 bits per heavy atom. The van der Waals surface area contributed by atoms with Crippen molar-refractivity contribution in [1.29, 1.82) is 0 Å². The van der Waals surface area contributed by atoms with Crippen molar-refractivity contribution in [2.45, 2.75) is 128 Å². The highest BCUT2D eigenvalue weighted by molar-refractivity contribution is 6.88. The molecule has 0 fully saturated rings. The van der Waals surface area contributed by atoms with Crippen LogP contribution in [0.1, 0.15) is 83.1 Å². The molecule has 0 aliphatic heterocycles. The molecule has 0 N–H and O–H groups in total. The molecule has 2 heteroatoms. The first-order valence-electron chi connectivity index (χ1n) is 9.87. The van der Waals surface area contributed by atoms with Crippen LogP contribution in [0, 0.1) is 0 Å². The van der Waals surface area contributed by atoms with Crippen LogP contribution in [0.2, 0.25) is 45.3 Å². The van der Waals surface area contributed by atoms with E-state index < -0.39 is 16.1 Å². The molecular formula is C20H46Si2. The maximum absolute atomic E-state index is 2.52. The van der Waals surface area contributed by atoms with Crippen LogP contribution in [-0.2, 0) is 0 Å². The summed E-state index contributed by atoms with van der Waals surface area (Å²) in [5.41, 5.74) is 5.45. The minimum absolute atomic E-state index is 0.908. The van der Waals surface area contributed by atoms with E-state index in [4.69, 9.17) is 0 Å². The summed E-state index contributed by atoms with van der Waals surface area (Å²) < 4.78 is 0. The van der Waals surface area contributed by atoms with Crippen molar-refractivity contribution in [2.75, 3.05) is 0 Å². The average molecular weight is 343 g/mol. The maximum atomic E-state index is 2.52. The Morgan fingerprint density at radius 1 is 0.364 bits per heavy atom. The van der Waals surface area contributed by atoms with Gasteiger partial charge in [0.25, 0.3) is 0 Å². The summed E-state index contributed by atoms with van der Waals surface area (Å²) in [4.78, 5) is 0. The molecule has 0 aliphatic rings. The zero-order chi connectivity index (χ0) is 17.9. The van der Waals surface area contributed by atoms with Crippen LogP contribution < -0.4 is 0 Å². The van der Waals surface area contributed by atoms with E-state index in [2.05, 4.69) is 83.1 Å². The van der Waals surface area contributed by atoms with E-state index in [1.54, 1.807) is 12.1 Å². The van der Waals surface area contributed by atoms with Crippen LogP contribution in [-0.4, -0.2) is 16.1 Å². The Kier molecular flexibility index (Phi) is 8.68. The largest absolute Gasteiger partial charge is 0.0651 e. The molecule has 0 aromatic rings. The van der Waals surface area contributed by atoms with Crippen LogP contribution >= 0.6 is 0 Å². The van der Waals surface area contributed by atoms with Gasteiger partial charge in [-0.2, -0.15) is 0 Å². The normalized spacial score (nSPS) is 14.5. The molecule has 0 spiro atoms. The highest BCUT2D eigenvalue weighted by Crippen LogP contribution is 2.51. The van der Waals surface area contributed by atoms with Crippen molar-refractivity contribution in [3.05, 3.63) is 0 Å². The lowest BCUT2D eigenvalue weighted by molar-refractivity contribution is 0.771. The SMILES string of the molecule is CC(C)[Si](CC[Si](C(C)C)(C(C)C)C(C)C)(C(C)C)C(C)C. The molecule has 134 valence electrons. The molecule has 0 unspecified atom stereocenters. The molecule has 0 saturated carbocycles.